The summed E-state index contributed by atoms with van der Waals surface area (Å²) in [5, 5.41) is 0. The van der Waals surface area contributed by atoms with Crippen LogP contribution >= 0.6 is 0 Å². The minimum Gasteiger partial charge on any atom is -0.497 e. The number of anilines is 1. The van der Waals surface area contributed by atoms with Gasteiger partial charge in [-0.15, -0.1) is 0 Å². The maximum Gasteiger partial charge on any atom is 0.167 e. The Morgan fingerprint density at radius 3 is 1.97 bits per heavy atom. The maximum atomic E-state index is 12.9. The van der Waals surface area contributed by atoms with E-state index in [0.29, 0.717) is 30.6 Å². The Bertz CT molecular complexity index is 953. The average Bonchev–Trinajstić information content (AvgIpc) is 2.82. The highest BCUT2D eigenvalue weighted by molar-refractivity contribution is 5.98. The number of Topliss-reactive ketones (excluding diaryl/α,β-unsaturated/α-hetero) is 2. The number of nitrogens with zero attached hydrogens (tertiary/aromatic N) is 1. The summed E-state index contributed by atoms with van der Waals surface area (Å²) in [6, 6.07) is 26.4. The van der Waals surface area contributed by atoms with Crippen molar-refractivity contribution in [2.75, 3.05) is 25.1 Å². The van der Waals surface area contributed by atoms with Gasteiger partial charge in [0.1, 0.15) is 5.75 Å². The van der Waals surface area contributed by atoms with Crippen LogP contribution in [0, 0.1) is 5.92 Å². The van der Waals surface area contributed by atoms with Crippen molar-refractivity contribution >= 4 is 17.3 Å². The quantitative estimate of drug-likeness (QED) is 0.433. The third-order valence-electron chi connectivity index (χ3n) is 5.14. The highest BCUT2D eigenvalue weighted by Crippen LogP contribution is 2.22. The van der Waals surface area contributed by atoms with Crippen molar-refractivity contribution in [1.29, 1.82) is 0 Å². The van der Waals surface area contributed by atoms with E-state index in [1.54, 1.807) is 7.11 Å². The van der Waals surface area contributed by atoms with E-state index in [0.717, 1.165) is 11.4 Å². The zero-order valence-corrected chi connectivity index (χ0v) is 17.5. The van der Waals surface area contributed by atoms with Gasteiger partial charge in [-0.2, -0.15) is 0 Å². The Morgan fingerprint density at radius 1 is 0.833 bits per heavy atom. The van der Waals surface area contributed by atoms with Gasteiger partial charge in [0, 0.05) is 42.2 Å². The smallest absolute Gasteiger partial charge is 0.167 e. The molecule has 0 aliphatic carbocycles. The number of methoxy groups -OCH3 is 1. The number of carbonyl (C=O) groups excluding carboxylic acids is 2. The number of ether oxygens (including phenoxy) is 1. The molecular formula is C26H27NO3. The van der Waals surface area contributed by atoms with Gasteiger partial charge in [-0.1, -0.05) is 67.6 Å². The van der Waals surface area contributed by atoms with E-state index in [1.165, 1.54) is 0 Å². The van der Waals surface area contributed by atoms with E-state index in [-0.39, 0.29) is 17.5 Å². The lowest BCUT2D eigenvalue weighted by atomic mass is 9.98. The SMILES string of the molecule is COc1ccc(N(CCC(=O)c2ccccc2)CC(C)C(=O)c2ccccc2)cc1. The van der Waals surface area contributed by atoms with Crippen molar-refractivity contribution in [2.24, 2.45) is 5.92 Å². The van der Waals surface area contributed by atoms with Crippen LogP contribution in [-0.2, 0) is 0 Å². The van der Waals surface area contributed by atoms with Crippen molar-refractivity contribution in [3.05, 3.63) is 96.1 Å². The first-order valence-corrected chi connectivity index (χ1v) is 10.1. The van der Waals surface area contributed by atoms with E-state index in [4.69, 9.17) is 4.74 Å². The lowest BCUT2D eigenvalue weighted by Crippen LogP contribution is -2.33. The molecule has 0 bridgehead atoms. The van der Waals surface area contributed by atoms with E-state index in [1.807, 2.05) is 91.9 Å². The summed E-state index contributed by atoms with van der Waals surface area (Å²) in [5.41, 5.74) is 2.38. The Kier molecular flexibility index (Phi) is 7.39. The fourth-order valence-corrected chi connectivity index (χ4v) is 3.42. The molecule has 0 N–H and O–H groups in total. The number of hydrogen-bond donors (Lipinski definition) is 0. The van der Waals surface area contributed by atoms with E-state index in [2.05, 4.69) is 4.90 Å². The van der Waals surface area contributed by atoms with Gasteiger partial charge in [-0.3, -0.25) is 9.59 Å². The molecule has 0 saturated carbocycles. The predicted octanol–water partition coefficient (Wildman–Crippen LogP) is 5.29. The summed E-state index contributed by atoms with van der Waals surface area (Å²) in [6.07, 6.45) is 0.377. The van der Waals surface area contributed by atoms with Crippen molar-refractivity contribution in [2.45, 2.75) is 13.3 Å². The lowest BCUT2D eigenvalue weighted by molar-refractivity contribution is 0.0933. The van der Waals surface area contributed by atoms with Crippen molar-refractivity contribution in [3.63, 3.8) is 0 Å². The van der Waals surface area contributed by atoms with Crippen molar-refractivity contribution in [1.82, 2.24) is 0 Å². The lowest BCUT2D eigenvalue weighted by Gasteiger charge is -2.27. The van der Waals surface area contributed by atoms with Crippen molar-refractivity contribution in [3.8, 4) is 5.75 Å². The van der Waals surface area contributed by atoms with Crippen LogP contribution in [0.3, 0.4) is 0 Å². The van der Waals surface area contributed by atoms with Crippen LogP contribution < -0.4 is 9.64 Å². The molecule has 3 aromatic carbocycles. The molecule has 4 heteroatoms. The Hall–Kier alpha value is -3.40. The van der Waals surface area contributed by atoms with Gasteiger partial charge in [0.2, 0.25) is 0 Å². The van der Waals surface area contributed by atoms with Gasteiger partial charge >= 0.3 is 0 Å². The first kappa shape index (κ1) is 21.3. The number of ketones is 2. The van der Waals surface area contributed by atoms with Crippen LogP contribution in [0.5, 0.6) is 5.75 Å². The standard InChI is InChI=1S/C26H27NO3/c1-20(26(29)22-11-7-4-8-12-22)19-27(23-13-15-24(30-2)16-14-23)18-17-25(28)21-9-5-3-6-10-21/h3-16,20H,17-19H2,1-2H3. The molecule has 0 radical (unpaired) electrons. The fraction of sp³-hybridized carbons (Fsp3) is 0.231. The number of carbonyl (C=O) groups is 2. The Balaban J connectivity index is 1.74. The monoisotopic (exact) mass is 401 g/mol. The number of hydrogen-bond acceptors (Lipinski definition) is 4. The third kappa shape index (κ3) is 5.57. The van der Waals surface area contributed by atoms with Gasteiger partial charge in [0.25, 0.3) is 0 Å². The van der Waals surface area contributed by atoms with E-state index in [9.17, 15) is 9.59 Å². The van der Waals surface area contributed by atoms with Crippen molar-refractivity contribution < 1.29 is 14.3 Å². The molecule has 0 heterocycles. The Labute approximate surface area is 178 Å². The molecule has 0 fully saturated rings. The summed E-state index contributed by atoms with van der Waals surface area (Å²) in [4.78, 5) is 27.6. The topological polar surface area (TPSA) is 46.6 Å². The molecule has 1 atom stereocenters. The summed E-state index contributed by atoms with van der Waals surface area (Å²) < 4.78 is 5.26. The molecule has 0 spiro atoms. The molecule has 0 aromatic heterocycles. The van der Waals surface area contributed by atoms with Crippen LogP contribution in [0.15, 0.2) is 84.9 Å². The average molecular weight is 402 g/mol. The highest BCUT2D eigenvalue weighted by Gasteiger charge is 2.20. The van der Waals surface area contributed by atoms with Gasteiger partial charge in [0.05, 0.1) is 7.11 Å². The molecule has 4 nitrogen and oxygen atoms in total. The van der Waals surface area contributed by atoms with Crippen LogP contribution in [0.2, 0.25) is 0 Å². The van der Waals surface area contributed by atoms with Crippen LogP contribution in [-0.4, -0.2) is 31.8 Å². The summed E-state index contributed by atoms with van der Waals surface area (Å²) >= 11 is 0. The zero-order chi connectivity index (χ0) is 21.3. The molecule has 1 unspecified atom stereocenters. The second kappa shape index (κ2) is 10.4. The molecular weight excluding hydrogens is 374 g/mol. The minimum absolute atomic E-state index is 0.0937. The zero-order valence-electron chi connectivity index (χ0n) is 17.5. The summed E-state index contributed by atoms with van der Waals surface area (Å²) in [6.45, 7) is 3.00. The highest BCUT2D eigenvalue weighted by atomic mass is 16.5. The first-order chi connectivity index (χ1) is 14.6. The largest absolute Gasteiger partial charge is 0.497 e. The van der Waals surface area contributed by atoms with Crippen LogP contribution in [0.1, 0.15) is 34.1 Å². The maximum absolute atomic E-state index is 12.9. The fourth-order valence-electron chi connectivity index (χ4n) is 3.42. The molecule has 3 rings (SSSR count). The predicted molar refractivity (Wildman–Crippen MR) is 121 cm³/mol. The molecule has 0 saturated heterocycles. The van der Waals surface area contributed by atoms with Gasteiger partial charge in [-0.05, 0) is 24.3 Å². The molecule has 3 aromatic rings. The molecule has 154 valence electrons. The summed E-state index contributed by atoms with van der Waals surface area (Å²) in [5.74, 6) is 0.758. The van der Waals surface area contributed by atoms with E-state index >= 15 is 0 Å². The molecule has 0 aliphatic rings. The van der Waals surface area contributed by atoms with Crippen LogP contribution in [0.4, 0.5) is 5.69 Å². The van der Waals surface area contributed by atoms with E-state index < -0.39 is 0 Å². The number of benzene rings is 3. The molecule has 0 amide bonds. The molecule has 30 heavy (non-hydrogen) atoms. The second-order valence-electron chi connectivity index (χ2n) is 7.31. The van der Waals surface area contributed by atoms with Gasteiger partial charge in [0.15, 0.2) is 11.6 Å². The minimum atomic E-state index is -0.207. The van der Waals surface area contributed by atoms with Gasteiger partial charge < -0.3 is 9.64 Å². The number of rotatable bonds is 10. The van der Waals surface area contributed by atoms with Crippen LogP contribution in [0.25, 0.3) is 0 Å². The molecule has 0 aliphatic heterocycles. The first-order valence-electron chi connectivity index (χ1n) is 10.1. The second-order valence-corrected chi connectivity index (χ2v) is 7.31. The van der Waals surface area contributed by atoms with Gasteiger partial charge in [-0.25, -0.2) is 0 Å². The normalized spacial score (nSPS) is 11.5. The Morgan fingerprint density at radius 2 is 1.40 bits per heavy atom. The third-order valence-corrected chi connectivity index (χ3v) is 5.14. The summed E-state index contributed by atoms with van der Waals surface area (Å²) in [7, 11) is 1.63.